The van der Waals surface area contributed by atoms with E-state index in [-0.39, 0.29) is 28.6 Å². The molecule has 5 atom stereocenters. The summed E-state index contributed by atoms with van der Waals surface area (Å²) in [5, 5.41) is 11.1. The molecule has 0 unspecified atom stereocenters. The van der Waals surface area contributed by atoms with Gasteiger partial charge in [0.05, 0.1) is 25.2 Å². The molecule has 0 amide bonds. The minimum absolute atomic E-state index is 0.0101. The van der Waals surface area contributed by atoms with E-state index in [0.29, 0.717) is 19.1 Å². The summed E-state index contributed by atoms with van der Waals surface area (Å²) < 4.78 is 19.0. The normalized spacial score (nSPS) is 36.2. The van der Waals surface area contributed by atoms with Crippen LogP contribution < -0.4 is 0 Å². The molecule has 3 saturated carbocycles. The number of ether oxygens (including phenoxy) is 2. The average Bonchev–Trinajstić information content (AvgIpc) is 3.22. The highest BCUT2D eigenvalue weighted by molar-refractivity contribution is 6.74. The molecule has 5 heteroatoms. The van der Waals surface area contributed by atoms with Crippen molar-refractivity contribution in [1.29, 1.82) is 0 Å². The van der Waals surface area contributed by atoms with Gasteiger partial charge in [0.15, 0.2) is 14.1 Å². The summed E-state index contributed by atoms with van der Waals surface area (Å²) in [6, 6.07) is 0. The summed E-state index contributed by atoms with van der Waals surface area (Å²) in [5.74, 6) is 7.79. The SMILES string of the molecule is CC(C)(C)[Si](C)(C)O[C@H](C#C[C@@H]1[C@@H](O)CC[C@]2(C)[C@H]1CC21OCCO1)CC1CCCCC1. The Morgan fingerprint density at radius 1 is 1.09 bits per heavy atom. The van der Waals surface area contributed by atoms with Crippen molar-refractivity contribution < 1.29 is 19.0 Å². The van der Waals surface area contributed by atoms with Crippen LogP contribution in [-0.2, 0) is 13.9 Å². The van der Waals surface area contributed by atoms with Crippen molar-refractivity contribution in [3.63, 3.8) is 0 Å². The van der Waals surface area contributed by atoms with Gasteiger partial charge in [-0.1, -0.05) is 71.6 Å². The molecule has 1 aliphatic heterocycles. The zero-order valence-corrected chi connectivity index (χ0v) is 22.3. The van der Waals surface area contributed by atoms with E-state index in [4.69, 9.17) is 13.9 Å². The zero-order chi connectivity index (χ0) is 23.2. The van der Waals surface area contributed by atoms with Gasteiger partial charge in [0, 0.05) is 11.8 Å². The van der Waals surface area contributed by atoms with Crippen LogP contribution in [0.1, 0.15) is 85.5 Å². The molecule has 1 spiro atoms. The molecule has 4 aliphatic rings. The van der Waals surface area contributed by atoms with E-state index < -0.39 is 14.1 Å². The first-order valence-corrected chi connectivity index (χ1v) is 16.0. The minimum atomic E-state index is -1.92. The molecule has 0 radical (unpaired) electrons. The van der Waals surface area contributed by atoms with Gasteiger partial charge in [0.25, 0.3) is 0 Å². The summed E-state index contributed by atoms with van der Waals surface area (Å²) in [4.78, 5) is 0. The Morgan fingerprint density at radius 2 is 1.75 bits per heavy atom. The summed E-state index contributed by atoms with van der Waals surface area (Å²) in [6.45, 7) is 15.2. The van der Waals surface area contributed by atoms with Gasteiger partial charge in [-0.05, 0) is 49.2 Å². The third-order valence-electron chi connectivity index (χ3n) is 9.66. The van der Waals surface area contributed by atoms with E-state index in [0.717, 1.165) is 31.6 Å². The van der Waals surface area contributed by atoms with Crippen molar-refractivity contribution in [2.45, 2.75) is 122 Å². The van der Waals surface area contributed by atoms with E-state index in [1.165, 1.54) is 32.1 Å². The standard InChI is InChI=1S/C27H46O4Si/c1-25(2,3)32(5,6)31-21(18-20-10-8-7-9-11-20)12-13-22-23-19-27(29-16-17-30-27)26(23,4)15-14-24(22)28/h20-24,28H,7-11,14-19H2,1-6H3/t21-,22+,23+,24+,26-/m1/s1. The Morgan fingerprint density at radius 3 is 2.38 bits per heavy atom. The maximum atomic E-state index is 10.9. The molecule has 4 nitrogen and oxygen atoms in total. The Kier molecular flexibility index (Phi) is 6.96. The lowest BCUT2D eigenvalue weighted by Gasteiger charge is -2.64. The Balaban J connectivity index is 1.53. The molecule has 1 saturated heterocycles. The molecule has 0 aromatic heterocycles. The van der Waals surface area contributed by atoms with Crippen LogP contribution in [0.2, 0.25) is 18.1 Å². The van der Waals surface area contributed by atoms with Crippen molar-refractivity contribution >= 4 is 8.32 Å². The Hall–Kier alpha value is -0.383. The summed E-state index contributed by atoms with van der Waals surface area (Å²) in [7, 11) is -1.92. The van der Waals surface area contributed by atoms with Crippen molar-refractivity contribution in [2.75, 3.05) is 13.2 Å². The van der Waals surface area contributed by atoms with Crippen LogP contribution in [0.3, 0.4) is 0 Å². The molecule has 32 heavy (non-hydrogen) atoms. The Bertz CT molecular complexity index is 720. The van der Waals surface area contributed by atoms with Crippen LogP contribution in [0.4, 0.5) is 0 Å². The van der Waals surface area contributed by atoms with E-state index in [1.54, 1.807) is 0 Å². The highest BCUT2D eigenvalue weighted by atomic mass is 28.4. The molecule has 0 bridgehead atoms. The van der Waals surface area contributed by atoms with Crippen LogP contribution in [0.15, 0.2) is 0 Å². The van der Waals surface area contributed by atoms with Crippen LogP contribution in [0, 0.1) is 35.0 Å². The fourth-order valence-electron chi connectivity index (χ4n) is 6.38. The second kappa shape index (κ2) is 9.00. The van der Waals surface area contributed by atoms with Crippen LogP contribution in [0.5, 0.6) is 0 Å². The highest BCUT2D eigenvalue weighted by Gasteiger charge is 2.69. The van der Waals surface area contributed by atoms with Gasteiger partial charge in [0.2, 0.25) is 0 Å². The topological polar surface area (TPSA) is 47.9 Å². The third kappa shape index (κ3) is 4.48. The van der Waals surface area contributed by atoms with Gasteiger partial charge in [-0.15, -0.1) is 0 Å². The lowest BCUT2D eigenvalue weighted by molar-refractivity contribution is -0.344. The largest absolute Gasteiger partial charge is 0.403 e. The van der Waals surface area contributed by atoms with E-state index in [9.17, 15) is 5.11 Å². The number of rotatable bonds is 4. The summed E-state index contributed by atoms with van der Waals surface area (Å²) in [5.41, 5.74) is -0.0404. The van der Waals surface area contributed by atoms with Crippen molar-refractivity contribution in [3.8, 4) is 11.8 Å². The third-order valence-corrected chi connectivity index (χ3v) is 14.2. The number of aliphatic hydroxyl groups excluding tert-OH is 1. The lowest BCUT2D eigenvalue weighted by atomic mass is 9.47. The molecule has 3 aliphatic carbocycles. The maximum absolute atomic E-state index is 10.9. The monoisotopic (exact) mass is 462 g/mol. The van der Waals surface area contributed by atoms with E-state index >= 15 is 0 Å². The first-order valence-electron chi connectivity index (χ1n) is 13.1. The summed E-state index contributed by atoms with van der Waals surface area (Å²) >= 11 is 0. The fraction of sp³-hybridized carbons (Fsp3) is 0.926. The van der Waals surface area contributed by atoms with Gasteiger partial charge in [-0.2, -0.15) is 0 Å². The van der Waals surface area contributed by atoms with Gasteiger partial charge in [-0.3, -0.25) is 0 Å². The number of fused-ring (bicyclic) bond motifs is 2. The molecule has 4 fully saturated rings. The van der Waals surface area contributed by atoms with Crippen LogP contribution in [-0.4, -0.2) is 44.6 Å². The molecule has 1 N–H and O–H groups in total. The minimum Gasteiger partial charge on any atom is -0.403 e. The zero-order valence-electron chi connectivity index (χ0n) is 21.3. The Labute approximate surface area is 197 Å². The smallest absolute Gasteiger partial charge is 0.193 e. The molecule has 4 rings (SSSR count). The molecule has 0 aromatic rings. The lowest BCUT2D eigenvalue weighted by Crippen LogP contribution is -2.67. The van der Waals surface area contributed by atoms with Crippen molar-refractivity contribution in [1.82, 2.24) is 0 Å². The maximum Gasteiger partial charge on any atom is 0.193 e. The van der Waals surface area contributed by atoms with Crippen LogP contribution in [0.25, 0.3) is 0 Å². The highest BCUT2D eigenvalue weighted by Crippen LogP contribution is 2.66. The predicted molar refractivity (Wildman–Crippen MR) is 131 cm³/mol. The fourth-order valence-corrected chi connectivity index (χ4v) is 7.60. The van der Waals surface area contributed by atoms with Gasteiger partial charge in [0.1, 0.15) is 6.10 Å². The van der Waals surface area contributed by atoms with Gasteiger partial charge < -0.3 is 19.0 Å². The molecular formula is C27H46O4Si. The number of hydrogen-bond acceptors (Lipinski definition) is 4. The molecule has 0 aromatic carbocycles. The summed E-state index contributed by atoms with van der Waals surface area (Å²) in [6.07, 6.45) is 9.91. The first-order chi connectivity index (χ1) is 15.0. The average molecular weight is 463 g/mol. The number of hydrogen-bond donors (Lipinski definition) is 1. The number of aliphatic hydroxyl groups is 1. The van der Waals surface area contributed by atoms with Crippen molar-refractivity contribution in [3.05, 3.63) is 0 Å². The van der Waals surface area contributed by atoms with Crippen LogP contribution >= 0.6 is 0 Å². The van der Waals surface area contributed by atoms with Gasteiger partial charge >= 0.3 is 0 Å². The second-order valence-electron chi connectivity index (χ2n) is 12.7. The second-order valence-corrected chi connectivity index (χ2v) is 17.5. The van der Waals surface area contributed by atoms with E-state index in [2.05, 4.69) is 52.6 Å². The molecular weight excluding hydrogens is 416 g/mol. The van der Waals surface area contributed by atoms with Gasteiger partial charge in [-0.25, -0.2) is 0 Å². The van der Waals surface area contributed by atoms with E-state index in [1.807, 2.05) is 0 Å². The predicted octanol–water partition coefficient (Wildman–Crippen LogP) is 5.89. The quantitative estimate of drug-likeness (QED) is 0.418. The molecule has 1 heterocycles. The van der Waals surface area contributed by atoms with Crippen molar-refractivity contribution in [2.24, 2.45) is 23.2 Å². The first kappa shape index (κ1) is 24.7. The molecule has 182 valence electrons.